The number of fused-ring (bicyclic) bond motifs is 1. The van der Waals surface area contributed by atoms with Crippen LogP contribution in [0.25, 0.3) is 10.2 Å². The number of nitrogens with one attached hydrogen (secondary N) is 1. The molecule has 0 saturated carbocycles. The maximum absolute atomic E-state index is 11.5. The molecule has 0 amide bonds. The molecule has 21 heavy (non-hydrogen) atoms. The summed E-state index contributed by atoms with van der Waals surface area (Å²) >= 11 is 7.74. The third-order valence-corrected chi connectivity index (χ3v) is 4.42. The van der Waals surface area contributed by atoms with Gasteiger partial charge in [0.1, 0.15) is 0 Å². The van der Waals surface area contributed by atoms with Crippen LogP contribution in [0.3, 0.4) is 0 Å². The van der Waals surface area contributed by atoms with Crippen LogP contribution in [-0.4, -0.2) is 10.8 Å². The maximum Gasteiger partial charge on any atom is 0.188 e. The molecule has 1 aromatic heterocycles. The molecular weight excluding hydrogens is 304 g/mol. The predicted molar refractivity (Wildman–Crippen MR) is 89.1 cm³/mol. The second kappa shape index (κ2) is 5.47. The Morgan fingerprint density at radius 1 is 1.24 bits per heavy atom. The molecule has 106 valence electrons. The predicted octanol–water partition coefficient (Wildman–Crippen LogP) is 5.20. The molecule has 0 bridgehead atoms. The molecule has 1 N–H and O–H groups in total. The fraction of sp³-hybridized carbons (Fsp3) is 0.125. The minimum atomic E-state index is 0.00893. The van der Waals surface area contributed by atoms with Crippen molar-refractivity contribution in [3.63, 3.8) is 0 Å². The van der Waals surface area contributed by atoms with Gasteiger partial charge in [0, 0.05) is 5.56 Å². The van der Waals surface area contributed by atoms with E-state index >= 15 is 0 Å². The number of rotatable bonds is 3. The molecule has 0 aliphatic rings. The molecule has 3 aromatic rings. The van der Waals surface area contributed by atoms with Crippen LogP contribution in [0.2, 0.25) is 5.02 Å². The van der Waals surface area contributed by atoms with E-state index in [1.54, 1.807) is 29.5 Å². The van der Waals surface area contributed by atoms with Gasteiger partial charge in [0.05, 0.1) is 20.9 Å². The summed E-state index contributed by atoms with van der Waals surface area (Å²) in [7, 11) is 0. The fourth-order valence-electron chi connectivity index (χ4n) is 2.04. The van der Waals surface area contributed by atoms with Gasteiger partial charge in [0.25, 0.3) is 0 Å². The number of halogens is 1. The second-order valence-electron chi connectivity index (χ2n) is 4.87. The van der Waals surface area contributed by atoms with Gasteiger partial charge < -0.3 is 5.32 Å². The Morgan fingerprint density at radius 2 is 2.05 bits per heavy atom. The zero-order valence-corrected chi connectivity index (χ0v) is 13.2. The Kier molecular flexibility index (Phi) is 3.66. The van der Waals surface area contributed by atoms with E-state index in [-0.39, 0.29) is 5.78 Å². The van der Waals surface area contributed by atoms with Gasteiger partial charge in [-0.15, -0.1) is 0 Å². The number of aromatic nitrogens is 1. The Hall–Kier alpha value is -1.91. The van der Waals surface area contributed by atoms with Crippen LogP contribution >= 0.6 is 22.9 Å². The number of aryl methyl sites for hydroxylation is 1. The first-order valence-corrected chi connectivity index (χ1v) is 7.67. The number of Topliss-reactive ketones (excluding diaryl/α,β-unsaturated/α-hetero) is 1. The summed E-state index contributed by atoms with van der Waals surface area (Å²) in [5, 5.41) is 4.53. The largest absolute Gasteiger partial charge is 0.330 e. The van der Waals surface area contributed by atoms with E-state index in [1.165, 1.54) is 12.5 Å². The van der Waals surface area contributed by atoms with Crippen LogP contribution in [0.1, 0.15) is 22.8 Å². The monoisotopic (exact) mass is 316 g/mol. The van der Waals surface area contributed by atoms with E-state index in [0.29, 0.717) is 16.3 Å². The highest BCUT2D eigenvalue weighted by molar-refractivity contribution is 7.22. The third kappa shape index (κ3) is 2.91. The minimum absolute atomic E-state index is 0.00893. The highest BCUT2D eigenvalue weighted by atomic mass is 35.5. The SMILES string of the molecule is CC(=O)c1ccc(Cl)c(Nc2nc3ccc(C)cc3s2)c1. The Balaban J connectivity index is 1.98. The lowest BCUT2D eigenvalue weighted by Crippen LogP contribution is -1.96. The van der Waals surface area contributed by atoms with Gasteiger partial charge in [-0.25, -0.2) is 4.98 Å². The molecule has 0 atom stereocenters. The van der Waals surface area contributed by atoms with Gasteiger partial charge in [0.15, 0.2) is 10.9 Å². The molecule has 5 heteroatoms. The number of carbonyl (C=O) groups is 1. The van der Waals surface area contributed by atoms with Crippen molar-refractivity contribution in [2.45, 2.75) is 13.8 Å². The first kappa shape index (κ1) is 14.0. The van der Waals surface area contributed by atoms with Crippen LogP contribution in [0.15, 0.2) is 36.4 Å². The molecule has 2 aromatic carbocycles. The van der Waals surface area contributed by atoms with E-state index in [4.69, 9.17) is 11.6 Å². The van der Waals surface area contributed by atoms with E-state index in [9.17, 15) is 4.79 Å². The topological polar surface area (TPSA) is 42.0 Å². The summed E-state index contributed by atoms with van der Waals surface area (Å²) in [5.74, 6) is 0.00893. The number of thiazole rings is 1. The summed E-state index contributed by atoms with van der Waals surface area (Å²) in [6.45, 7) is 3.59. The molecule has 0 spiro atoms. The van der Waals surface area contributed by atoms with Gasteiger partial charge in [-0.05, 0) is 49.7 Å². The first-order chi connectivity index (χ1) is 10.0. The quantitative estimate of drug-likeness (QED) is 0.675. The summed E-state index contributed by atoms with van der Waals surface area (Å²) in [4.78, 5) is 16.0. The summed E-state index contributed by atoms with van der Waals surface area (Å²) in [6, 6.07) is 11.3. The number of hydrogen-bond donors (Lipinski definition) is 1. The molecule has 0 unspecified atom stereocenters. The van der Waals surface area contributed by atoms with Crippen LogP contribution in [-0.2, 0) is 0 Å². The van der Waals surface area contributed by atoms with Crippen molar-refractivity contribution in [2.24, 2.45) is 0 Å². The number of nitrogens with zero attached hydrogens (tertiary/aromatic N) is 1. The highest BCUT2D eigenvalue weighted by Gasteiger charge is 2.09. The minimum Gasteiger partial charge on any atom is -0.330 e. The normalized spacial score (nSPS) is 10.8. The van der Waals surface area contributed by atoms with Crippen LogP contribution < -0.4 is 5.32 Å². The maximum atomic E-state index is 11.5. The highest BCUT2D eigenvalue weighted by Crippen LogP contribution is 2.32. The number of benzene rings is 2. The van der Waals surface area contributed by atoms with Crippen molar-refractivity contribution in [3.05, 3.63) is 52.5 Å². The number of hydrogen-bond acceptors (Lipinski definition) is 4. The summed E-state index contributed by atoms with van der Waals surface area (Å²) in [5.41, 5.74) is 3.47. The van der Waals surface area contributed by atoms with Crippen LogP contribution in [0.5, 0.6) is 0 Å². The zero-order valence-electron chi connectivity index (χ0n) is 11.6. The second-order valence-corrected chi connectivity index (χ2v) is 6.30. The molecule has 1 heterocycles. The number of anilines is 2. The van der Waals surface area contributed by atoms with Crippen molar-refractivity contribution in [3.8, 4) is 0 Å². The Bertz CT molecular complexity index is 841. The fourth-order valence-corrected chi connectivity index (χ4v) is 3.18. The van der Waals surface area contributed by atoms with E-state index in [0.717, 1.165) is 15.3 Å². The Labute approximate surface area is 131 Å². The lowest BCUT2D eigenvalue weighted by molar-refractivity contribution is 0.101. The molecule has 3 rings (SSSR count). The van der Waals surface area contributed by atoms with Crippen LogP contribution in [0.4, 0.5) is 10.8 Å². The van der Waals surface area contributed by atoms with Gasteiger partial charge in [0.2, 0.25) is 0 Å². The zero-order chi connectivity index (χ0) is 15.0. The van der Waals surface area contributed by atoms with E-state index in [1.807, 2.05) is 12.1 Å². The lowest BCUT2D eigenvalue weighted by Gasteiger charge is -2.06. The molecule has 0 fully saturated rings. The number of ketones is 1. The average Bonchev–Trinajstić information content (AvgIpc) is 2.82. The van der Waals surface area contributed by atoms with Gasteiger partial charge in [-0.3, -0.25) is 4.79 Å². The van der Waals surface area contributed by atoms with Gasteiger partial charge in [-0.2, -0.15) is 0 Å². The molecule has 0 radical (unpaired) electrons. The van der Waals surface area contributed by atoms with Crippen molar-refractivity contribution in [2.75, 3.05) is 5.32 Å². The lowest BCUT2D eigenvalue weighted by atomic mass is 10.1. The molecule has 0 aliphatic carbocycles. The number of carbonyl (C=O) groups excluding carboxylic acids is 1. The smallest absolute Gasteiger partial charge is 0.188 e. The summed E-state index contributed by atoms with van der Waals surface area (Å²) in [6.07, 6.45) is 0. The molecular formula is C16H13ClN2OS. The van der Waals surface area contributed by atoms with Gasteiger partial charge in [-0.1, -0.05) is 29.0 Å². The van der Waals surface area contributed by atoms with Crippen LogP contribution in [0, 0.1) is 6.92 Å². The van der Waals surface area contributed by atoms with Crippen molar-refractivity contribution >= 4 is 49.8 Å². The van der Waals surface area contributed by atoms with E-state index < -0.39 is 0 Å². The average molecular weight is 317 g/mol. The third-order valence-electron chi connectivity index (χ3n) is 3.16. The molecule has 0 saturated heterocycles. The van der Waals surface area contributed by atoms with Crippen molar-refractivity contribution in [1.82, 2.24) is 4.98 Å². The van der Waals surface area contributed by atoms with Crippen molar-refractivity contribution in [1.29, 1.82) is 0 Å². The van der Waals surface area contributed by atoms with Crippen molar-refractivity contribution < 1.29 is 4.79 Å². The van der Waals surface area contributed by atoms with E-state index in [2.05, 4.69) is 23.3 Å². The Morgan fingerprint density at radius 3 is 2.81 bits per heavy atom. The van der Waals surface area contributed by atoms with Gasteiger partial charge >= 0.3 is 0 Å². The standard InChI is InChI=1S/C16H13ClN2OS/c1-9-3-6-13-15(7-9)21-16(18-13)19-14-8-11(10(2)20)4-5-12(14)17/h3-8H,1-2H3,(H,18,19). The first-order valence-electron chi connectivity index (χ1n) is 6.47. The molecule has 3 nitrogen and oxygen atoms in total. The molecule has 0 aliphatic heterocycles. The summed E-state index contributed by atoms with van der Waals surface area (Å²) < 4.78 is 1.12.